The molecule has 20 nitrogen and oxygen atoms in total. The van der Waals surface area contributed by atoms with E-state index in [1.54, 1.807) is 0 Å². The molecule has 3 aliphatic heterocycles. The van der Waals surface area contributed by atoms with Crippen LogP contribution in [0.1, 0.15) is 164 Å². The van der Waals surface area contributed by atoms with Gasteiger partial charge in [0.25, 0.3) is 0 Å². The van der Waals surface area contributed by atoms with Gasteiger partial charge in [0, 0.05) is 104 Å². The van der Waals surface area contributed by atoms with Crippen LogP contribution in [0.15, 0.2) is 268 Å². The molecule has 18 aromatic rings. The molecule has 0 fully saturated rings. The summed E-state index contributed by atoms with van der Waals surface area (Å²) in [6.45, 7) is 30.0. The van der Waals surface area contributed by atoms with Crippen molar-refractivity contribution in [3.63, 3.8) is 0 Å². The molecule has 0 spiro atoms. The second kappa shape index (κ2) is 30.4. The maximum atomic E-state index is 5.17. The van der Waals surface area contributed by atoms with Gasteiger partial charge >= 0.3 is 58.6 Å². The van der Waals surface area contributed by atoms with Gasteiger partial charge in [0.15, 0.2) is 0 Å². The van der Waals surface area contributed by atoms with Crippen LogP contribution in [0.3, 0.4) is 0 Å². The van der Waals surface area contributed by atoms with Gasteiger partial charge < -0.3 is 67.3 Å². The molecule has 119 heavy (non-hydrogen) atoms. The summed E-state index contributed by atoms with van der Waals surface area (Å²) in [5.74, 6) is 6.57. The molecule has 0 N–H and O–H groups in total. The van der Waals surface area contributed by atoms with E-state index >= 15 is 0 Å². The van der Waals surface area contributed by atoms with Gasteiger partial charge in [-0.2, -0.15) is 0 Å². The van der Waals surface area contributed by atoms with Crippen LogP contribution in [0.25, 0.3) is 103 Å². The number of imidazole rings is 8. The number of aryl methyl sites for hydroxylation is 2. The third-order valence-corrected chi connectivity index (χ3v) is 23.3. The molecule has 21 rings (SSSR count). The first-order valence-electron chi connectivity index (χ1n) is 39.3. The van der Waals surface area contributed by atoms with Gasteiger partial charge in [0.05, 0.1) is 34.2 Å². The molecule has 0 unspecified atom stereocenters. The predicted molar refractivity (Wildman–Crippen MR) is 452 cm³/mol. The van der Waals surface area contributed by atoms with Gasteiger partial charge in [-0.05, 0) is 126 Å². The van der Waals surface area contributed by atoms with E-state index in [1.165, 1.54) is 0 Å². The number of fused-ring (bicyclic) bond motifs is 30. The van der Waals surface area contributed by atoms with Crippen LogP contribution in [-0.4, -0.2) is 67.3 Å². The maximum Gasteiger partial charge on any atom is 2.00 e. The molecule has 0 amide bonds. The fourth-order valence-electron chi connectivity index (χ4n) is 16.7. The van der Waals surface area contributed by atoms with Crippen molar-refractivity contribution < 1.29 is 58.6 Å². The summed E-state index contributed by atoms with van der Waals surface area (Å²) in [4.78, 5) is 71.6. The van der Waals surface area contributed by atoms with E-state index in [0.717, 1.165) is 172 Å². The standard InChI is InChI=1S/C32H30N8.2C32H28N6.Cu.Pd.Pt/c1-19-25-31(3,4)29-36-24(18-39(29)21-13-9-7-10-14-21)28-34-20(2)26(38-28)32(5,6)30-35-23(27(33-19)37-25)17-40(30)22-15-11-8-12-16-22;2*1-31(2)27-17-15-23(33-27)26-20-38(22-13-9-6-10-14-22)30(36-26)32(3,4)28-18-16-24(34-28)25-19-37(29(31)35-25)21-11-7-5-8-12-21;;;/h7-18H,1-6H3;2*5-20H,1-4H3;;;/q3*-2;3*+2. The number of rotatable bonds is 6. The van der Waals surface area contributed by atoms with Crippen LogP contribution in [0.4, 0.5) is 0 Å². The molecule has 0 aliphatic carbocycles. The van der Waals surface area contributed by atoms with E-state index in [1.807, 2.05) is 86.9 Å². The van der Waals surface area contributed by atoms with E-state index in [0.29, 0.717) is 11.6 Å². The Hall–Kier alpha value is -12.0. The summed E-state index contributed by atoms with van der Waals surface area (Å²) >= 11 is 0. The molecular formula is C96H86CuN20PdPt. The van der Waals surface area contributed by atoms with Gasteiger partial charge in [-0.3, -0.25) is 0 Å². The Morgan fingerprint density at radius 3 is 0.622 bits per heavy atom. The van der Waals surface area contributed by atoms with Crippen molar-refractivity contribution in [3.05, 3.63) is 348 Å². The Kier molecular flexibility index (Phi) is 20.6. The minimum atomic E-state index is -0.567. The predicted octanol–water partition coefficient (Wildman–Crippen LogP) is 18.2. The first-order valence-corrected chi connectivity index (χ1v) is 39.3. The first kappa shape index (κ1) is 80.8. The monoisotopic (exact) mass is 1880 g/mol. The van der Waals surface area contributed by atoms with Gasteiger partial charge in [0.1, 0.15) is 34.9 Å². The van der Waals surface area contributed by atoms with Crippen LogP contribution in [-0.2, 0) is 91.0 Å². The maximum absolute atomic E-state index is 5.17. The quantitative estimate of drug-likeness (QED) is 0.142. The van der Waals surface area contributed by atoms with Crippen molar-refractivity contribution in [2.75, 3.05) is 0 Å². The molecule has 0 saturated carbocycles. The topological polar surface area (TPSA) is 217 Å². The van der Waals surface area contributed by atoms with Crippen molar-refractivity contribution >= 4 is 0 Å². The smallest absolute Gasteiger partial charge is 0.659 e. The molecule has 6 aromatic carbocycles. The average Bonchev–Trinajstić information content (AvgIpc) is 1.60. The Balaban J connectivity index is 0.000000132. The van der Waals surface area contributed by atoms with Crippen LogP contribution < -0.4 is 29.9 Å². The first-order chi connectivity index (χ1) is 55.8. The number of benzene rings is 6. The molecule has 23 heteroatoms. The summed E-state index contributed by atoms with van der Waals surface area (Å²) in [6, 6.07) is 78.5. The van der Waals surface area contributed by atoms with E-state index in [4.69, 9.17) is 69.8 Å². The van der Waals surface area contributed by atoms with Crippen LogP contribution in [0.5, 0.6) is 0 Å². The van der Waals surface area contributed by atoms with E-state index in [-0.39, 0.29) is 58.6 Å². The van der Waals surface area contributed by atoms with Crippen molar-refractivity contribution in [1.29, 1.82) is 0 Å². The second-order valence-electron chi connectivity index (χ2n) is 33.5. The SMILES string of the molecule is CC1(C)c2ccc([n-]2)-c2cn(-c3ccccc3)c(n2)C(C)(C)c2ccc([n-]2)-c2cn(-c3ccccc3)c1n2.CC1(C)c2ccc([n-]2)-c2cn(-c3ccccc3)c(n2)C(C)(C)c2ccc([n-]2)-c2cn(-c3ccccc3)c1n2.Cc1nc2[n-]c1C(C)(C)c1nc(cn1-c1ccccc1)-c1nc(C)c([n-]1)C(C)(C)c1nc-2cn1-c1ccccc1.[Cu+2].[Pd+2].[Pt+2]. The zero-order chi connectivity index (χ0) is 80.0. The third kappa shape index (κ3) is 13.8. The summed E-state index contributed by atoms with van der Waals surface area (Å²) in [5.41, 5.74) is 18.7. The number of hydrogen-bond donors (Lipinski definition) is 0. The molecule has 601 valence electrons. The van der Waals surface area contributed by atoms with Crippen LogP contribution >= 0.6 is 0 Å². The second-order valence-corrected chi connectivity index (χ2v) is 33.5. The molecular weight excluding hydrogens is 1800 g/mol. The molecule has 0 atom stereocenters. The van der Waals surface area contributed by atoms with Crippen LogP contribution in [0, 0.1) is 13.8 Å². The largest absolute Gasteiger partial charge is 2.00 e. The Morgan fingerprint density at radius 1 is 0.227 bits per heavy atom. The molecule has 12 aromatic heterocycles. The third-order valence-electron chi connectivity index (χ3n) is 23.3. The van der Waals surface area contributed by atoms with Crippen molar-refractivity contribution in [3.8, 4) is 103 Å². The zero-order valence-corrected chi connectivity index (χ0v) is 73.1. The zero-order valence-electron chi connectivity index (χ0n) is 68.3. The Bertz CT molecular complexity index is 6010. The van der Waals surface area contributed by atoms with E-state index in [9.17, 15) is 0 Å². The van der Waals surface area contributed by atoms with Gasteiger partial charge in [-0.15, -0.1) is 45.6 Å². The van der Waals surface area contributed by atoms with E-state index in [2.05, 4.69) is 305 Å². The van der Waals surface area contributed by atoms with Crippen LogP contribution in [0.2, 0.25) is 0 Å². The number of aromatic nitrogens is 20. The van der Waals surface area contributed by atoms with E-state index < -0.39 is 32.5 Å². The summed E-state index contributed by atoms with van der Waals surface area (Å²) in [5, 5.41) is 0. The number of hydrogen-bond acceptors (Lipinski definition) is 8. The normalized spacial score (nSPS) is 14.8. The number of nitrogens with zero attached hydrogens (tertiary/aromatic N) is 20. The summed E-state index contributed by atoms with van der Waals surface area (Å²) in [6.07, 6.45) is 12.4. The Morgan fingerprint density at radius 2 is 0.412 bits per heavy atom. The fraction of sp³-hybridized carbons (Fsp3) is 0.208. The Labute approximate surface area is 730 Å². The van der Waals surface area contributed by atoms with Crippen molar-refractivity contribution in [2.24, 2.45) is 0 Å². The fourth-order valence-corrected chi connectivity index (χ4v) is 16.7. The molecule has 0 saturated heterocycles. The minimum Gasteiger partial charge on any atom is -0.659 e. The molecule has 15 heterocycles. The number of para-hydroxylation sites is 6. The van der Waals surface area contributed by atoms with Crippen molar-refractivity contribution in [1.82, 2.24) is 97.2 Å². The summed E-state index contributed by atoms with van der Waals surface area (Å²) in [7, 11) is 0. The summed E-state index contributed by atoms with van der Waals surface area (Å²) < 4.78 is 12.9. The van der Waals surface area contributed by atoms with Gasteiger partial charge in [-0.25, -0.2) is 29.9 Å². The van der Waals surface area contributed by atoms with Gasteiger partial charge in [-0.1, -0.05) is 236 Å². The minimum absolute atomic E-state index is 0. The molecule has 24 bridgehead atoms. The van der Waals surface area contributed by atoms with Crippen molar-refractivity contribution in [2.45, 2.75) is 129 Å². The molecule has 1 radical (unpaired) electrons. The van der Waals surface area contributed by atoms with Gasteiger partial charge in [0.2, 0.25) is 0 Å². The molecule has 3 aliphatic rings. The average molecular weight is 1880 g/mol.